The number of benzene rings is 1. The third-order valence-corrected chi connectivity index (χ3v) is 3.15. The van der Waals surface area contributed by atoms with Crippen molar-refractivity contribution in [1.29, 1.82) is 0 Å². The van der Waals surface area contributed by atoms with Crippen molar-refractivity contribution in [3.05, 3.63) is 52.8 Å². The van der Waals surface area contributed by atoms with Crippen LogP contribution in [0.25, 0.3) is 0 Å². The Morgan fingerprint density at radius 1 is 1.19 bits per heavy atom. The van der Waals surface area contributed by atoms with Gasteiger partial charge in [-0.3, -0.25) is 4.68 Å². The van der Waals surface area contributed by atoms with Gasteiger partial charge in [0.15, 0.2) is 0 Å². The molecular formula is C15H17F3N2O. The van der Waals surface area contributed by atoms with Crippen LogP contribution in [0.2, 0.25) is 0 Å². The minimum atomic E-state index is -4.30. The Morgan fingerprint density at radius 3 is 2.43 bits per heavy atom. The van der Waals surface area contributed by atoms with Crippen LogP contribution in [-0.4, -0.2) is 16.4 Å². The maximum Gasteiger partial charge on any atom is 0.416 e. The normalized spacial score (nSPS) is 11.9. The summed E-state index contributed by atoms with van der Waals surface area (Å²) in [6.45, 7) is 2.97. The number of rotatable bonds is 5. The Bertz CT molecular complexity index is 588. The molecule has 0 aliphatic rings. The molecular weight excluding hydrogens is 281 g/mol. The molecule has 0 atom stereocenters. The molecule has 0 amide bonds. The smallest absolute Gasteiger partial charge is 0.375 e. The van der Waals surface area contributed by atoms with Gasteiger partial charge >= 0.3 is 6.18 Å². The summed E-state index contributed by atoms with van der Waals surface area (Å²) in [6, 6.07) is 7.11. The van der Waals surface area contributed by atoms with Gasteiger partial charge in [0, 0.05) is 25.8 Å². The fourth-order valence-corrected chi connectivity index (χ4v) is 2.03. The average Bonchev–Trinajstić information content (AvgIpc) is 2.76. The Labute approximate surface area is 121 Å². The Morgan fingerprint density at radius 2 is 1.86 bits per heavy atom. The lowest BCUT2D eigenvalue weighted by molar-refractivity contribution is -0.137. The van der Waals surface area contributed by atoms with E-state index in [1.165, 1.54) is 12.1 Å². The van der Waals surface area contributed by atoms with Crippen LogP contribution in [0.5, 0.6) is 0 Å². The van der Waals surface area contributed by atoms with Crippen LogP contribution >= 0.6 is 0 Å². The van der Waals surface area contributed by atoms with Gasteiger partial charge < -0.3 is 4.74 Å². The fraction of sp³-hybridized carbons (Fsp3) is 0.400. The summed E-state index contributed by atoms with van der Waals surface area (Å²) in [5.74, 6) is 0. The number of hydrogen-bond donors (Lipinski definition) is 0. The second-order valence-electron chi connectivity index (χ2n) is 4.76. The van der Waals surface area contributed by atoms with Crippen molar-refractivity contribution in [2.45, 2.75) is 26.1 Å². The van der Waals surface area contributed by atoms with E-state index >= 15 is 0 Å². The standard InChI is InChI=1S/C15H17F3N2O/c1-3-21-10-13-9-14(20(2)19-13)8-11-4-6-12(7-5-11)15(16,17)18/h4-7,9H,3,8,10H2,1-2H3. The van der Waals surface area contributed by atoms with E-state index in [9.17, 15) is 13.2 Å². The highest BCUT2D eigenvalue weighted by molar-refractivity contribution is 5.28. The molecule has 0 aliphatic carbocycles. The molecule has 0 spiro atoms. The molecule has 0 N–H and O–H groups in total. The van der Waals surface area contributed by atoms with Gasteiger partial charge in [0.25, 0.3) is 0 Å². The molecule has 1 aromatic carbocycles. The number of ether oxygens (including phenoxy) is 1. The Balaban J connectivity index is 2.09. The molecule has 0 aliphatic heterocycles. The molecule has 2 aromatic rings. The van der Waals surface area contributed by atoms with Crippen LogP contribution in [0.4, 0.5) is 13.2 Å². The van der Waals surface area contributed by atoms with Gasteiger partial charge in [-0.25, -0.2) is 0 Å². The van der Waals surface area contributed by atoms with E-state index in [0.29, 0.717) is 19.6 Å². The van der Waals surface area contributed by atoms with Crippen LogP contribution in [0.1, 0.15) is 29.4 Å². The van der Waals surface area contributed by atoms with Crippen molar-refractivity contribution in [3.8, 4) is 0 Å². The SMILES string of the molecule is CCOCc1cc(Cc2ccc(C(F)(F)F)cc2)n(C)n1. The molecule has 0 saturated carbocycles. The molecule has 0 fully saturated rings. The van der Waals surface area contributed by atoms with E-state index < -0.39 is 11.7 Å². The summed E-state index contributed by atoms with van der Waals surface area (Å²) in [4.78, 5) is 0. The quantitative estimate of drug-likeness (QED) is 0.844. The van der Waals surface area contributed by atoms with Gasteiger partial charge in [-0.1, -0.05) is 12.1 Å². The molecule has 3 nitrogen and oxygen atoms in total. The van der Waals surface area contributed by atoms with Crippen molar-refractivity contribution in [1.82, 2.24) is 9.78 Å². The highest BCUT2D eigenvalue weighted by atomic mass is 19.4. The van der Waals surface area contributed by atoms with Gasteiger partial charge in [0.1, 0.15) is 0 Å². The van der Waals surface area contributed by atoms with E-state index in [0.717, 1.165) is 29.1 Å². The lowest BCUT2D eigenvalue weighted by Gasteiger charge is -2.07. The molecule has 2 rings (SSSR count). The number of nitrogens with zero attached hydrogens (tertiary/aromatic N) is 2. The summed E-state index contributed by atoms with van der Waals surface area (Å²) < 4.78 is 44.5. The number of aryl methyl sites for hydroxylation is 1. The maximum absolute atomic E-state index is 12.5. The van der Waals surface area contributed by atoms with Gasteiger partial charge in [0.05, 0.1) is 17.9 Å². The molecule has 6 heteroatoms. The summed E-state index contributed by atoms with van der Waals surface area (Å²) >= 11 is 0. The van der Waals surface area contributed by atoms with E-state index in [4.69, 9.17) is 4.74 Å². The minimum absolute atomic E-state index is 0.442. The zero-order chi connectivity index (χ0) is 15.5. The number of halogens is 3. The summed E-state index contributed by atoms with van der Waals surface area (Å²) in [6.07, 6.45) is -3.76. The fourth-order valence-electron chi connectivity index (χ4n) is 2.03. The average molecular weight is 298 g/mol. The van der Waals surface area contributed by atoms with Crippen LogP contribution < -0.4 is 0 Å². The zero-order valence-corrected chi connectivity index (χ0v) is 11.9. The van der Waals surface area contributed by atoms with Crippen LogP contribution in [0.15, 0.2) is 30.3 Å². The first-order valence-electron chi connectivity index (χ1n) is 6.66. The highest BCUT2D eigenvalue weighted by Crippen LogP contribution is 2.29. The summed E-state index contributed by atoms with van der Waals surface area (Å²) in [5.41, 5.74) is 1.94. The molecule has 0 saturated heterocycles. The largest absolute Gasteiger partial charge is 0.416 e. The third kappa shape index (κ3) is 4.07. The second kappa shape index (κ2) is 6.30. The monoisotopic (exact) mass is 298 g/mol. The predicted octanol–water partition coefficient (Wildman–Crippen LogP) is 3.57. The first kappa shape index (κ1) is 15.6. The van der Waals surface area contributed by atoms with Crippen molar-refractivity contribution < 1.29 is 17.9 Å². The number of alkyl halides is 3. The van der Waals surface area contributed by atoms with Crippen molar-refractivity contribution in [2.24, 2.45) is 7.05 Å². The summed E-state index contributed by atoms with van der Waals surface area (Å²) in [7, 11) is 1.81. The zero-order valence-electron chi connectivity index (χ0n) is 11.9. The van der Waals surface area contributed by atoms with E-state index in [1.807, 2.05) is 20.0 Å². The van der Waals surface area contributed by atoms with Crippen molar-refractivity contribution in [3.63, 3.8) is 0 Å². The third-order valence-electron chi connectivity index (χ3n) is 3.15. The lowest BCUT2D eigenvalue weighted by atomic mass is 10.1. The molecule has 0 radical (unpaired) electrons. The predicted molar refractivity (Wildman–Crippen MR) is 72.8 cm³/mol. The molecule has 0 bridgehead atoms. The Kier molecular flexibility index (Phi) is 4.67. The topological polar surface area (TPSA) is 27.1 Å². The van der Waals surface area contributed by atoms with Gasteiger partial charge in [-0.2, -0.15) is 18.3 Å². The van der Waals surface area contributed by atoms with Crippen LogP contribution in [0, 0.1) is 0 Å². The first-order valence-corrected chi connectivity index (χ1v) is 6.66. The number of hydrogen-bond acceptors (Lipinski definition) is 2. The minimum Gasteiger partial charge on any atom is -0.375 e. The molecule has 114 valence electrons. The molecule has 21 heavy (non-hydrogen) atoms. The lowest BCUT2D eigenvalue weighted by Crippen LogP contribution is -2.05. The van der Waals surface area contributed by atoms with E-state index in [-0.39, 0.29) is 0 Å². The van der Waals surface area contributed by atoms with Crippen LogP contribution in [0.3, 0.4) is 0 Å². The number of aromatic nitrogens is 2. The first-order chi connectivity index (χ1) is 9.90. The van der Waals surface area contributed by atoms with Gasteiger partial charge in [-0.15, -0.1) is 0 Å². The van der Waals surface area contributed by atoms with Crippen molar-refractivity contribution in [2.75, 3.05) is 6.61 Å². The highest BCUT2D eigenvalue weighted by Gasteiger charge is 2.29. The van der Waals surface area contributed by atoms with E-state index in [1.54, 1.807) is 4.68 Å². The van der Waals surface area contributed by atoms with E-state index in [2.05, 4.69) is 5.10 Å². The molecule has 1 heterocycles. The molecule has 0 unspecified atom stereocenters. The van der Waals surface area contributed by atoms with Gasteiger partial charge in [0.2, 0.25) is 0 Å². The molecule has 1 aromatic heterocycles. The Hall–Kier alpha value is -1.82. The second-order valence-corrected chi connectivity index (χ2v) is 4.76. The van der Waals surface area contributed by atoms with Crippen molar-refractivity contribution >= 4 is 0 Å². The van der Waals surface area contributed by atoms with Crippen LogP contribution in [-0.2, 0) is 31.0 Å². The summed E-state index contributed by atoms with van der Waals surface area (Å²) in [5, 5.41) is 4.31. The van der Waals surface area contributed by atoms with Gasteiger partial charge in [-0.05, 0) is 30.7 Å². The maximum atomic E-state index is 12.5.